The SMILES string of the molecule is Cc1csc(CN2CCC(Cl)CC2)n1. The Bertz CT molecular complexity index is 292. The first-order chi connectivity index (χ1) is 6.74. The van der Waals surface area contributed by atoms with E-state index < -0.39 is 0 Å². The highest BCUT2D eigenvalue weighted by molar-refractivity contribution is 7.09. The molecule has 2 nitrogen and oxygen atoms in total. The fourth-order valence-corrected chi connectivity index (χ4v) is 2.73. The van der Waals surface area contributed by atoms with Crippen LogP contribution in [0.1, 0.15) is 23.5 Å². The summed E-state index contributed by atoms with van der Waals surface area (Å²) in [5.41, 5.74) is 1.14. The van der Waals surface area contributed by atoms with E-state index in [0.29, 0.717) is 5.38 Å². The molecule has 0 N–H and O–H groups in total. The molecular formula is C10H15ClN2S. The quantitative estimate of drug-likeness (QED) is 0.727. The molecule has 1 saturated heterocycles. The molecule has 2 heterocycles. The molecule has 1 aromatic heterocycles. The molecule has 0 unspecified atom stereocenters. The van der Waals surface area contributed by atoms with Crippen molar-refractivity contribution in [2.24, 2.45) is 0 Å². The summed E-state index contributed by atoms with van der Waals surface area (Å²) < 4.78 is 0. The highest BCUT2D eigenvalue weighted by atomic mass is 35.5. The van der Waals surface area contributed by atoms with Gasteiger partial charge in [-0.2, -0.15) is 0 Å². The molecule has 0 aliphatic carbocycles. The first-order valence-corrected chi connectivity index (χ1v) is 6.33. The minimum absolute atomic E-state index is 0.393. The van der Waals surface area contributed by atoms with Gasteiger partial charge in [-0.15, -0.1) is 22.9 Å². The number of thiazole rings is 1. The molecule has 0 amide bonds. The van der Waals surface area contributed by atoms with E-state index in [4.69, 9.17) is 11.6 Å². The number of aryl methyl sites for hydroxylation is 1. The van der Waals surface area contributed by atoms with E-state index in [0.717, 1.165) is 38.2 Å². The van der Waals surface area contributed by atoms with Crippen LogP contribution in [0.25, 0.3) is 0 Å². The minimum atomic E-state index is 0.393. The van der Waals surface area contributed by atoms with Gasteiger partial charge in [-0.1, -0.05) is 0 Å². The molecule has 0 aromatic carbocycles. The standard InChI is InChI=1S/C10H15ClN2S/c1-8-7-14-10(12-8)6-13-4-2-9(11)3-5-13/h7,9H,2-6H2,1H3. The summed E-state index contributed by atoms with van der Waals surface area (Å²) >= 11 is 7.81. The molecule has 0 radical (unpaired) electrons. The van der Waals surface area contributed by atoms with E-state index in [1.807, 2.05) is 6.92 Å². The van der Waals surface area contributed by atoms with Gasteiger partial charge in [0, 0.05) is 16.5 Å². The van der Waals surface area contributed by atoms with E-state index in [2.05, 4.69) is 15.3 Å². The summed E-state index contributed by atoms with van der Waals surface area (Å²) in [4.78, 5) is 6.91. The van der Waals surface area contributed by atoms with Gasteiger partial charge in [-0.3, -0.25) is 4.90 Å². The van der Waals surface area contributed by atoms with E-state index >= 15 is 0 Å². The van der Waals surface area contributed by atoms with Crippen LogP contribution in [0.5, 0.6) is 0 Å². The largest absolute Gasteiger partial charge is 0.297 e. The third-order valence-corrected chi connectivity index (χ3v) is 3.93. The van der Waals surface area contributed by atoms with Gasteiger partial charge in [0.25, 0.3) is 0 Å². The molecular weight excluding hydrogens is 216 g/mol. The van der Waals surface area contributed by atoms with Crippen LogP contribution < -0.4 is 0 Å². The number of aromatic nitrogens is 1. The lowest BCUT2D eigenvalue weighted by molar-refractivity contribution is 0.223. The molecule has 0 spiro atoms. The van der Waals surface area contributed by atoms with Crippen LogP contribution in [-0.2, 0) is 6.54 Å². The van der Waals surface area contributed by atoms with Crippen LogP contribution in [0.15, 0.2) is 5.38 Å². The zero-order valence-corrected chi connectivity index (χ0v) is 9.94. The zero-order valence-electron chi connectivity index (χ0n) is 8.37. The summed E-state index contributed by atoms with van der Waals surface area (Å²) in [6.07, 6.45) is 2.23. The number of piperidine rings is 1. The highest BCUT2D eigenvalue weighted by Crippen LogP contribution is 2.18. The summed E-state index contributed by atoms with van der Waals surface area (Å²) in [6, 6.07) is 0. The molecule has 0 saturated carbocycles. The normalized spacial score (nSPS) is 20.1. The first-order valence-electron chi connectivity index (χ1n) is 5.01. The van der Waals surface area contributed by atoms with Gasteiger partial charge in [0.2, 0.25) is 0 Å². The summed E-state index contributed by atoms with van der Waals surface area (Å²) in [5.74, 6) is 0. The Labute approximate surface area is 93.9 Å². The number of nitrogens with zero attached hydrogens (tertiary/aromatic N) is 2. The second kappa shape index (κ2) is 4.60. The van der Waals surface area contributed by atoms with Crippen molar-refractivity contribution in [2.45, 2.75) is 31.7 Å². The molecule has 1 aliphatic rings. The summed E-state index contributed by atoms with van der Waals surface area (Å²) in [5, 5.41) is 3.74. The maximum atomic E-state index is 6.05. The molecule has 1 aliphatic heterocycles. The zero-order chi connectivity index (χ0) is 9.97. The third kappa shape index (κ3) is 2.69. The Hall–Kier alpha value is -0.120. The van der Waals surface area contributed by atoms with E-state index in [-0.39, 0.29) is 0 Å². The number of alkyl halides is 1. The van der Waals surface area contributed by atoms with Crippen LogP contribution in [0.3, 0.4) is 0 Å². The van der Waals surface area contributed by atoms with Crippen molar-refractivity contribution in [1.29, 1.82) is 0 Å². The Morgan fingerprint density at radius 2 is 2.29 bits per heavy atom. The molecule has 78 valence electrons. The Balaban J connectivity index is 1.86. The molecule has 1 fully saturated rings. The number of hydrogen-bond donors (Lipinski definition) is 0. The van der Waals surface area contributed by atoms with Gasteiger partial charge in [0.05, 0.1) is 6.54 Å². The van der Waals surface area contributed by atoms with Crippen molar-refractivity contribution in [2.75, 3.05) is 13.1 Å². The number of halogens is 1. The summed E-state index contributed by atoms with van der Waals surface area (Å²) in [7, 11) is 0. The minimum Gasteiger partial charge on any atom is -0.297 e. The third-order valence-electron chi connectivity index (χ3n) is 2.54. The lowest BCUT2D eigenvalue weighted by Crippen LogP contribution is -2.33. The smallest absolute Gasteiger partial charge is 0.107 e. The maximum Gasteiger partial charge on any atom is 0.107 e. The summed E-state index contributed by atoms with van der Waals surface area (Å²) in [6.45, 7) is 5.28. The van der Waals surface area contributed by atoms with Gasteiger partial charge in [-0.25, -0.2) is 4.98 Å². The van der Waals surface area contributed by atoms with Crippen molar-refractivity contribution >= 4 is 22.9 Å². The number of rotatable bonds is 2. The van der Waals surface area contributed by atoms with Gasteiger partial charge in [0.15, 0.2) is 0 Å². The van der Waals surface area contributed by atoms with E-state index in [9.17, 15) is 0 Å². The maximum absolute atomic E-state index is 6.05. The molecule has 0 atom stereocenters. The average Bonchev–Trinajstić information content (AvgIpc) is 2.56. The average molecular weight is 231 g/mol. The highest BCUT2D eigenvalue weighted by Gasteiger charge is 2.17. The van der Waals surface area contributed by atoms with Crippen LogP contribution in [-0.4, -0.2) is 28.4 Å². The van der Waals surface area contributed by atoms with Crippen LogP contribution in [0.2, 0.25) is 0 Å². The van der Waals surface area contributed by atoms with Crippen LogP contribution in [0, 0.1) is 6.92 Å². The van der Waals surface area contributed by atoms with Gasteiger partial charge in [-0.05, 0) is 32.9 Å². The second-order valence-electron chi connectivity index (χ2n) is 3.83. The molecule has 1 aromatic rings. The van der Waals surface area contributed by atoms with Crippen molar-refractivity contribution in [3.63, 3.8) is 0 Å². The van der Waals surface area contributed by atoms with Crippen LogP contribution >= 0.6 is 22.9 Å². The van der Waals surface area contributed by atoms with E-state index in [1.54, 1.807) is 11.3 Å². The van der Waals surface area contributed by atoms with Crippen molar-refractivity contribution in [3.05, 3.63) is 16.1 Å². The van der Waals surface area contributed by atoms with E-state index in [1.165, 1.54) is 5.01 Å². The lowest BCUT2D eigenvalue weighted by atomic mass is 10.1. The molecule has 14 heavy (non-hydrogen) atoms. The predicted octanol–water partition coefficient (Wildman–Crippen LogP) is 2.65. The van der Waals surface area contributed by atoms with Crippen LogP contribution in [0.4, 0.5) is 0 Å². The van der Waals surface area contributed by atoms with Gasteiger partial charge in [0.1, 0.15) is 5.01 Å². The molecule has 4 heteroatoms. The topological polar surface area (TPSA) is 16.1 Å². The van der Waals surface area contributed by atoms with Gasteiger partial charge >= 0.3 is 0 Å². The number of likely N-dealkylation sites (tertiary alicyclic amines) is 1. The first kappa shape index (κ1) is 10.4. The Morgan fingerprint density at radius 1 is 1.57 bits per heavy atom. The second-order valence-corrected chi connectivity index (χ2v) is 5.39. The Morgan fingerprint density at radius 3 is 2.86 bits per heavy atom. The fourth-order valence-electron chi connectivity index (χ4n) is 1.73. The number of hydrogen-bond acceptors (Lipinski definition) is 3. The van der Waals surface area contributed by atoms with Crippen molar-refractivity contribution in [3.8, 4) is 0 Å². The van der Waals surface area contributed by atoms with Crippen molar-refractivity contribution in [1.82, 2.24) is 9.88 Å². The van der Waals surface area contributed by atoms with Crippen molar-refractivity contribution < 1.29 is 0 Å². The molecule has 0 bridgehead atoms. The fraction of sp³-hybridized carbons (Fsp3) is 0.700. The predicted molar refractivity (Wildman–Crippen MR) is 61.0 cm³/mol. The lowest BCUT2D eigenvalue weighted by Gasteiger charge is -2.28. The van der Waals surface area contributed by atoms with Gasteiger partial charge < -0.3 is 0 Å². The molecule has 2 rings (SSSR count). The Kier molecular flexibility index (Phi) is 3.42. The monoisotopic (exact) mass is 230 g/mol.